The van der Waals surface area contributed by atoms with Crippen molar-refractivity contribution in [3.05, 3.63) is 96.1 Å². The van der Waals surface area contributed by atoms with Gasteiger partial charge in [0.05, 0.1) is 12.2 Å². The summed E-state index contributed by atoms with van der Waals surface area (Å²) in [5.74, 6) is -0.544. The molecule has 3 rings (SSSR count). The van der Waals surface area contributed by atoms with Gasteiger partial charge in [0.25, 0.3) is 0 Å². The lowest BCUT2D eigenvalue weighted by atomic mass is 10.0. The first-order valence-corrected chi connectivity index (χ1v) is 12.1. The Hall–Kier alpha value is -4.19. The fraction of sp³-hybridized carbons (Fsp3) is 0.233. The van der Waals surface area contributed by atoms with Gasteiger partial charge >= 0.3 is 11.9 Å². The monoisotopic (exact) mass is 484 g/mol. The van der Waals surface area contributed by atoms with Crippen LogP contribution in [0.5, 0.6) is 5.75 Å². The smallest absolute Gasteiger partial charge is 0.343 e. The van der Waals surface area contributed by atoms with E-state index in [4.69, 9.17) is 14.9 Å². The third kappa shape index (κ3) is 7.67. The van der Waals surface area contributed by atoms with E-state index in [9.17, 15) is 9.59 Å². The molecule has 0 amide bonds. The second-order valence-electron chi connectivity index (χ2n) is 8.32. The van der Waals surface area contributed by atoms with Crippen LogP contribution in [0.3, 0.4) is 0 Å². The summed E-state index contributed by atoms with van der Waals surface area (Å²) in [5.41, 5.74) is 5.15. The zero-order valence-corrected chi connectivity index (χ0v) is 20.6. The quantitative estimate of drug-likeness (QED) is 0.0958. The molecule has 0 spiro atoms. The van der Waals surface area contributed by atoms with E-state index in [2.05, 4.69) is 43.1 Å². The molecule has 2 N–H and O–H groups in total. The van der Waals surface area contributed by atoms with E-state index in [1.807, 2.05) is 24.3 Å². The van der Waals surface area contributed by atoms with Gasteiger partial charge in [-0.25, -0.2) is 9.59 Å². The summed E-state index contributed by atoms with van der Waals surface area (Å²) in [4.78, 5) is 23.7. The number of ether oxygens (including phenoxy) is 2. The zero-order chi connectivity index (χ0) is 25.8. The van der Waals surface area contributed by atoms with Crippen LogP contribution < -0.4 is 10.1 Å². The van der Waals surface area contributed by atoms with Crippen LogP contribution in [-0.4, -0.2) is 31.3 Å². The Kier molecular flexibility index (Phi) is 10.0. The molecule has 0 unspecified atom stereocenters. The summed E-state index contributed by atoms with van der Waals surface area (Å²) in [6.45, 7) is 6.59. The van der Waals surface area contributed by atoms with E-state index in [-0.39, 0.29) is 0 Å². The van der Waals surface area contributed by atoms with Crippen LogP contribution in [0.4, 0.5) is 5.69 Å². The van der Waals surface area contributed by atoms with Crippen molar-refractivity contribution in [3.8, 4) is 16.9 Å². The van der Waals surface area contributed by atoms with Crippen LogP contribution in [0.25, 0.3) is 11.1 Å². The Balaban J connectivity index is 1.55. The number of carbonyl (C=O) groups excluding carboxylic acids is 2. The Labute approximate surface area is 212 Å². The highest BCUT2D eigenvalue weighted by Gasteiger charge is 2.12. The molecule has 3 aromatic rings. The molecule has 0 aliphatic heterocycles. The number of rotatable bonds is 13. The molecular formula is C30H32N2O4. The van der Waals surface area contributed by atoms with Gasteiger partial charge in [-0.2, -0.15) is 0 Å². The van der Waals surface area contributed by atoms with Gasteiger partial charge in [0.1, 0.15) is 5.75 Å². The van der Waals surface area contributed by atoms with Crippen LogP contribution >= 0.6 is 0 Å². The highest BCUT2D eigenvalue weighted by Crippen LogP contribution is 2.27. The van der Waals surface area contributed by atoms with Gasteiger partial charge in [-0.3, -0.25) is 0 Å². The molecule has 3 aromatic carbocycles. The van der Waals surface area contributed by atoms with E-state index in [0.717, 1.165) is 48.6 Å². The van der Waals surface area contributed by atoms with Crippen molar-refractivity contribution < 1.29 is 19.1 Å². The second kappa shape index (κ2) is 13.6. The van der Waals surface area contributed by atoms with E-state index in [0.29, 0.717) is 30.0 Å². The van der Waals surface area contributed by atoms with Crippen molar-refractivity contribution in [2.75, 3.05) is 18.5 Å². The number of hydrogen-bond donors (Lipinski definition) is 2. The van der Waals surface area contributed by atoms with Gasteiger partial charge in [0.15, 0.2) is 0 Å². The molecule has 0 saturated carbocycles. The third-order valence-corrected chi connectivity index (χ3v) is 5.63. The van der Waals surface area contributed by atoms with E-state index >= 15 is 0 Å². The number of esters is 2. The average molecular weight is 485 g/mol. The lowest BCUT2D eigenvalue weighted by molar-refractivity contribution is -0.137. The van der Waals surface area contributed by atoms with Crippen LogP contribution in [0.15, 0.2) is 79.4 Å². The first-order valence-electron chi connectivity index (χ1n) is 12.1. The number of hydrogen-bond acceptors (Lipinski definition) is 6. The van der Waals surface area contributed by atoms with E-state index in [1.54, 1.807) is 18.2 Å². The Bertz CT molecular complexity index is 1180. The van der Waals surface area contributed by atoms with Crippen LogP contribution in [-0.2, 0) is 16.0 Å². The predicted octanol–water partition coefficient (Wildman–Crippen LogP) is 6.44. The van der Waals surface area contributed by atoms with Crippen molar-refractivity contribution in [1.82, 2.24) is 0 Å². The maximum Gasteiger partial charge on any atom is 0.343 e. The van der Waals surface area contributed by atoms with Gasteiger partial charge in [0, 0.05) is 30.1 Å². The Morgan fingerprint density at radius 1 is 0.972 bits per heavy atom. The lowest BCUT2D eigenvalue weighted by Gasteiger charge is -2.11. The van der Waals surface area contributed by atoms with Crippen molar-refractivity contribution in [3.63, 3.8) is 0 Å². The molecule has 186 valence electrons. The fourth-order valence-electron chi connectivity index (χ4n) is 3.66. The van der Waals surface area contributed by atoms with Gasteiger partial charge in [-0.15, -0.1) is 0 Å². The number of benzene rings is 3. The normalized spacial score (nSPS) is 10.4. The van der Waals surface area contributed by atoms with Crippen molar-refractivity contribution in [2.45, 2.75) is 32.6 Å². The summed E-state index contributed by atoms with van der Waals surface area (Å²) in [5, 5.41) is 11.1. The van der Waals surface area contributed by atoms with E-state index < -0.39 is 11.9 Å². The van der Waals surface area contributed by atoms with Gasteiger partial charge in [0.2, 0.25) is 0 Å². The highest BCUT2D eigenvalue weighted by atomic mass is 16.5. The average Bonchev–Trinajstić information content (AvgIpc) is 2.91. The second-order valence-corrected chi connectivity index (χ2v) is 8.32. The molecule has 0 saturated heterocycles. The predicted molar refractivity (Wildman–Crippen MR) is 144 cm³/mol. The number of nitrogens with one attached hydrogen (secondary N) is 2. The molecule has 6 nitrogen and oxygen atoms in total. The first-order chi connectivity index (χ1) is 17.5. The number of aryl methyl sites for hydroxylation is 1. The standard InChI is InChI=1S/C30H32N2O4/c1-3-7-22-8-10-23(11-9-22)25-14-17-28(26(20-25)21-31)36-30(34)24-12-15-27(16-13-24)32-18-5-6-19-35-29(33)4-2/h4,8-17,20-21,31-32H,2-3,5-7,18-19H2,1H3. The van der Waals surface area contributed by atoms with Gasteiger partial charge < -0.3 is 20.2 Å². The van der Waals surface area contributed by atoms with Crippen molar-refractivity contribution in [1.29, 1.82) is 5.41 Å². The lowest BCUT2D eigenvalue weighted by Crippen LogP contribution is -2.10. The number of carbonyl (C=O) groups is 2. The Morgan fingerprint density at radius 2 is 1.69 bits per heavy atom. The molecule has 0 bridgehead atoms. The third-order valence-electron chi connectivity index (χ3n) is 5.63. The molecule has 36 heavy (non-hydrogen) atoms. The number of anilines is 1. The van der Waals surface area contributed by atoms with E-state index in [1.165, 1.54) is 11.8 Å². The van der Waals surface area contributed by atoms with Crippen LogP contribution in [0.2, 0.25) is 0 Å². The first kappa shape index (κ1) is 26.4. The summed E-state index contributed by atoms with van der Waals surface area (Å²) in [6, 6.07) is 20.9. The Morgan fingerprint density at radius 3 is 2.36 bits per heavy atom. The molecule has 0 aliphatic rings. The minimum atomic E-state index is -0.481. The molecule has 0 aromatic heterocycles. The molecule has 6 heteroatoms. The zero-order valence-electron chi connectivity index (χ0n) is 20.6. The molecule has 0 aliphatic carbocycles. The molecule has 0 fully saturated rings. The molecule has 0 radical (unpaired) electrons. The van der Waals surface area contributed by atoms with Crippen molar-refractivity contribution in [2.24, 2.45) is 0 Å². The number of unbranched alkanes of at least 4 members (excludes halogenated alkanes) is 1. The summed E-state index contributed by atoms with van der Waals surface area (Å²) in [7, 11) is 0. The summed E-state index contributed by atoms with van der Waals surface area (Å²) in [6.07, 6.45) is 6.08. The maximum absolute atomic E-state index is 12.7. The molecule has 0 atom stereocenters. The van der Waals surface area contributed by atoms with Crippen molar-refractivity contribution >= 4 is 23.8 Å². The maximum atomic E-state index is 12.7. The summed E-state index contributed by atoms with van der Waals surface area (Å²) < 4.78 is 10.5. The molecular weight excluding hydrogens is 452 g/mol. The van der Waals surface area contributed by atoms with Gasteiger partial charge in [-0.05, 0) is 72.4 Å². The van der Waals surface area contributed by atoms with Crippen LogP contribution in [0, 0.1) is 5.41 Å². The SMILES string of the molecule is C=CC(=O)OCCCCNc1ccc(C(=O)Oc2ccc(-c3ccc(CCC)cc3)cc2C=N)cc1. The minimum Gasteiger partial charge on any atom is -0.463 e. The highest BCUT2D eigenvalue weighted by molar-refractivity contribution is 5.93. The summed E-state index contributed by atoms with van der Waals surface area (Å²) >= 11 is 0. The van der Waals surface area contributed by atoms with Crippen LogP contribution in [0.1, 0.15) is 47.7 Å². The fourth-order valence-corrected chi connectivity index (χ4v) is 3.66. The minimum absolute atomic E-state index is 0.348. The van der Waals surface area contributed by atoms with Gasteiger partial charge in [-0.1, -0.05) is 50.3 Å². The topological polar surface area (TPSA) is 88.5 Å². The molecule has 0 heterocycles. The largest absolute Gasteiger partial charge is 0.463 e.